The van der Waals surface area contributed by atoms with E-state index in [9.17, 15) is 0 Å². The van der Waals surface area contributed by atoms with Crippen LogP contribution in [0.15, 0.2) is 29.3 Å². The van der Waals surface area contributed by atoms with Crippen LogP contribution in [-0.4, -0.2) is 24.3 Å². The number of hydrogen-bond acceptors (Lipinski definition) is 2. The summed E-state index contributed by atoms with van der Waals surface area (Å²) in [6.45, 7) is 3.43. The summed E-state index contributed by atoms with van der Waals surface area (Å²) in [7, 11) is 0. The third-order valence-corrected chi connectivity index (χ3v) is 7.10. The van der Waals surface area contributed by atoms with Crippen molar-refractivity contribution in [3.8, 4) is 5.75 Å². The number of allylic oxidation sites excluding steroid dienone is 2. The summed E-state index contributed by atoms with van der Waals surface area (Å²) in [6.07, 6.45) is 11.8. The number of rotatable bonds is 4. The van der Waals surface area contributed by atoms with Crippen LogP contribution in [0.25, 0.3) is 11.1 Å². The topological polar surface area (TPSA) is 26.2 Å². The van der Waals surface area contributed by atoms with Gasteiger partial charge in [0, 0.05) is 35.3 Å². The van der Waals surface area contributed by atoms with Crippen LogP contribution in [0.3, 0.4) is 0 Å². The van der Waals surface area contributed by atoms with Gasteiger partial charge in [-0.25, -0.2) is 0 Å². The fraction of sp³-hybridized carbons (Fsp3) is 0.440. The Balaban J connectivity index is 1.48. The van der Waals surface area contributed by atoms with E-state index in [1.807, 2.05) is 6.08 Å². The number of halogens is 2. The molecule has 1 N–H and O–H groups in total. The molecule has 30 heavy (non-hydrogen) atoms. The van der Waals surface area contributed by atoms with Gasteiger partial charge >= 0.3 is 0 Å². The normalized spacial score (nSPS) is 18.3. The summed E-state index contributed by atoms with van der Waals surface area (Å²) < 4.78 is 8.72. The predicted molar refractivity (Wildman–Crippen MR) is 125 cm³/mol. The maximum atomic E-state index is 6.76. The first kappa shape index (κ1) is 20.2. The summed E-state index contributed by atoms with van der Waals surface area (Å²) in [6, 6.07) is 6.51. The van der Waals surface area contributed by atoms with Crippen LogP contribution in [0.1, 0.15) is 41.6 Å². The van der Waals surface area contributed by atoms with E-state index < -0.39 is 0 Å². The van der Waals surface area contributed by atoms with Gasteiger partial charge in [-0.3, -0.25) is 0 Å². The van der Waals surface area contributed by atoms with Crippen molar-refractivity contribution in [2.75, 3.05) is 19.7 Å². The van der Waals surface area contributed by atoms with Crippen molar-refractivity contribution >= 4 is 34.3 Å². The van der Waals surface area contributed by atoms with Crippen molar-refractivity contribution in [3.05, 3.63) is 62.3 Å². The van der Waals surface area contributed by atoms with Crippen LogP contribution in [-0.2, 0) is 32.2 Å². The number of hydrogen-bond donors (Lipinski definition) is 1. The van der Waals surface area contributed by atoms with Crippen LogP contribution in [0.5, 0.6) is 5.75 Å². The number of aromatic nitrogens is 1. The molecule has 2 aromatic rings. The van der Waals surface area contributed by atoms with Crippen LogP contribution in [0, 0.1) is 0 Å². The molecule has 158 valence electrons. The number of fused-ring (bicyclic) bond motifs is 4. The maximum Gasteiger partial charge on any atom is 0.122 e. The molecule has 3 nitrogen and oxygen atoms in total. The Morgan fingerprint density at radius 1 is 1.00 bits per heavy atom. The molecule has 5 rings (SSSR count). The van der Waals surface area contributed by atoms with Crippen LogP contribution >= 0.6 is 23.2 Å². The number of nitrogens with one attached hydrogen (secondary N) is 1. The zero-order valence-electron chi connectivity index (χ0n) is 17.3. The number of benzene rings is 1. The molecular weight excluding hydrogens is 415 g/mol. The van der Waals surface area contributed by atoms with Gasteiger partial charge in [0.15, 0.2) is 0 Å². The highest BCUT2D eigenvalue weighted by atomic mass is 35.5. The largest absolute Gasteiger partial charge is 0.491 e. The van der Waals surface area contributed by atoms with Gasteiger partial charge in [-0.05, 0) is 67.5 Å². The Hall–Kier alpha value is -1.68. The summed E-state index contributed by atoms with van der Waals surface area (Å²) in [4.78, 5) is 0. The summed E-state index contributed by atoms with van der Waals surface area (Å²) in [5, 5.41) is 7.43. The van der Waals surface area contributed by atoms with Crippen LogP contribution in [0.4, 0.5) is 0 Å². The molecule has 0 spiro atoms. The van der Waals surface area contributed by atoms with E-state index in [1.165, 1.54) is 46.9 Å². The standard InChI is InChI=1S/C25H28Cl2N2O/c26-18-8-9-21-20-10-12-28-13-11-23(20)29(25(21)22(27)16-18)14-15-30-24-7-3-5-17-4-1-2-6-19(17)24/h3,5,7,9,16,28H,1-2,4,6,8,10-15H2. The number of ether oxygens (including phenoxy) is 1. The van der Waals surface area contributed by atoms with Crippen molar-refractivity contribution in [2.45, 2.75) is 51.5 Å². The van der Waals surface area contributed by atoms with Crippen molar-refractivity contribution in [3.63, 3.8) is 0 Å². The average Bonchev–Trinajstić information content (AvgIpc) is 2.89. The molecule has 0 saturated heterocycles. The van der Waals surface area contributed by atoms with Crippen molar-refractivity contribution in [1.82, 2.24) is 9.88 Å². The Kier molecular flexibility index (Phi) is 5.95. The summed E-state index contributed by atoms with van der Waals surface area (Å²) in [5.74, 6) is 1.06. The Morgan fingerprint density at radius 3 is 2.80 bits per heavy atom. The molecule has 0 bridgehead atoms. The highest BCUT2D eigenvalue weighted by molar-refractivity contribution is 6.48. The fourth-order valence-electron chi connectivity index (χ4n) is 5.17. The lowest BCUT2D eigenvalue weighted by molar-refractivity contribution is 0.291. The molecule has 3 aliphatic rings. The Morgan fingerprint density at radius 2 is 1.87 bits per heavy atom. The molecule has 0 atom stereocenters. The minimum Gasteiger partial charge on any atom is -0.491 e. The van der Waals surface area contributed by atoms with E-state index >= 15 is 0 Å². The second kappa shape index (κ2) is 8.82. The molecule has 1 aromatic carbocycles. The van der Waals surface area contributed by atoms with Crippen molar-refractivity contribution in [2.24, 2.45) is 0 Å². The molecule has 1 aromatic heterocycles. The molecule has 5 heteroatoms. The first-order chi connectivity index (χ1) is 14.7. The lowest BCUT2D eigenvalue weighted by atomic mass is 9.91. The summed E-state index contributed by atoms with van der Waals surface area (Å²) in [5.41, 5.74) is 5.68. The lowest BCUT2D eigenvalue weighted by Gasteiger charge is -2.20. The molecular formula is C25H28Cl2N2O. The Labute approximate surface area is 188 Å². The van der Waals surface area contributed by atoms with Gasteiger partial charge in [0.25, 0.3) is 0 Å². The summed E-state index contributed by atoms with van der Waals surface area (Å²) >= 11 is 13.1. The fourth-order valence-corrected chi connectivity index (χ4v) is 5.75. The van der Waals surface area contributed by atoms with Gasteiger partial charge in [0.1, 0.15) is 12.4 Å². The zero-order valence-corrected chi connectivity index (χ0v) is 18.8. The molecule has 0 fully saturated rings. The van der Waals surface area contributed by atoms with Crippen LogP contribution < -0.4 is 20.6 Å². The third kappa shape index (κ3) is 3.84. The quantitative estimate of drug-likeness (QED) is 0.779. The molecule has 2 aliphatic carbocycles. The van der Waals surface area contributed by atoms with Gasteiger partial charge in [-0.1, -0.05) is 41.4 Å². The molecule has 0 radical (unpaired) electrons. The van der Waals surface area contributed by atoms with Crippen molar-refractivity contribution < 1.29 is 4.74 Å². The van der Waals surface area contributed by atoms with E-state index in [4.69, 9.17) is 27.9 Å². The third-order valence-electron chi connectivity index (χ3n) is 6.55. The highest BCUT2D eigenvalue weighted by Gasteiger charge is 2.20. The maximum absolute atomic E-state index is 6.76. The van der Waals surface area contributed by atoms with E-state index in [2.05, 4.69) is 34.2 Å². The molecule has 1 aliphatic heterocycles. The van der Waals surface area contributed by atoms with Gasteiger partial charge in [-0.2, -0.15) is 0 Å². The smallest absolute Gasteiger partial charge is 0.122 e. The first-order valence-electron chi connectivity index (χ1n) is 11.1. The predicted octanol–water partition coefficient (Wildman–Crippen LogP) is 3.79. The molecule has 2 heterocycles. The van der Waals surface area contributed by atoms with Crippen molar-refractivity contribution in [1.29, 1.82) is 0 Å². The van der Waals surface area contributed by atoms with Gasteiger partial charge in [-0.15, -0.1) is 0 Å². The number of aryl methyl sites for hydroxylation is 1. The monoisotopic (exact) mass is 442 g/mol. The molecule has 0 amide bonds. The van der Waals surface area contributed by atoms with Gasteiger partial charge in [0.2, 0.25) is 0 Å². The molecule has 0 saturated carbocycles. The van der Waals surface area contributed by atoms with Gasteiger partial charge < -0.3 is 14.6 Å². The minimum absolute atomic E-state index is 0.638. The van der Waals surface area contributed by atoms with Gasteiger partial charge in [0.05, 0.1) is 16.9 Å². The average molecular weight is 443 g/mol. The van der Waals surface area contributed by atoms with E-state index in [-0.39, 0.29) is 0 Å². The number of nitrogens with zero attached hydrogens (tertiary/aromatic N) is 1. The second-order valence-corrected chi connectivity index (χ2v) is 9.28. The second-order valence-electron chi connectivity index (χ2n) is 8.39. The van der Waals surface area contributed by atoms with Crippen LogP contribution in [0.2, 0.25) is 0 Å². The van der Waals surface area contributed by atoms with E-state index in [0.717, 1.165) is 66.5 Å². The van der Waals surface area contributed by atoms with E-state index in [0.29, 0.717) is 6.61 Å². The molecule has 0 unspecified atom stereocenters. The zero-order chi connectivity index (χ0) is 20.5. The first-order valence-corrected chi connectivity index (χ1v) is 11.9. The Bertz CT molecular complexity index is 1110. The van der Waals surface area contributed by atoms with E-state index in [1.54, 1.807) is 0 Å². The minimum atomic E-state index is 0.638. The lowest BCUT2D eigenvalue weighted by Crippen LogP contribution is -2.34. The SMILES string of the molecule is ClC1=CC(Cl)=c2c(c3c(n2CCOc2cccc4c2CCCC4)CCNCC3)=CC1. The highest BCUT2D eigenvalue weighted by Crippen LogP contribution is 2.29.